The van der Waals surface area contributed by atoms with Gasteiger partial charge in [-0.05, 0) is 12.1 Å². The van der Waals surface area contributed by atoms with Crippen molar-refractivity contribution in [1.29, 1.82) is 0 Å². The van der Waals surface area contributed by atoms with Crippen molar-refractivity contribution >= 4 is 34.6 Å². The van der Waals surface area contributed by atoms with Crippen molar-refractivity contribution in [1.82, 2.24) is 4.57 Å². The van der Waals surface area contributed by atoms with E-state index in [0.29, 0.717) is 14.6 Å². The summed E-state index contributed by atoms with van der Waals surface area (Å²) in [6.07, 6.45) is 1.82. The minimum Gasteiger partial charge on any atom is -0.465 e. The first kappa shape index (κ1) is 12.7. The van der Waals surface area contributed by atoms with Crippen LogP contribution in [0.5, 0.6) is 0 Å². The summed E-state index contributed by atoms with van der Waals surface area (Å²) in [4.78, 5) is 28.6. The number of rotatable bonds is 2. The van der Waals surface area contributed by atoms with E-state index >= 15 is 0 Å². The number of hydrogen-bond acceptors (Lipinski definition) is 5. The second-order valence-electron chi connectivity index (χ2n) is 3.37. The summed E-state index contributed by atoms with van der Waals surface area (Å²) >= 11 is 2.46. The van der Waals surface area contributed by atoms with Crippen LogP contribution in [0, 0.1) is 0 Å². The highest BCUT2D eigenvalue weighted by atomic mass is 32.1. The Kier molecular flexibility index (Phi) is 3.73. The zero-order chi connectivity index (χ0) is 13.1. The number of hydrogen-bond donors (Lipinski definition) is 0. The van der Waals surface area contributed by atoms with E-state index in [1.165, 1.54) is 18.4 Å². The monoisotopic (exact) mass is 282 g/mol. The fourth-order valence-electron chi connectivity index (χ4n) is 1.24. The number of ether oxygens (including phenoxy) is 1. The molecule has 0 N–H and O–H groups in total. The molecule has 0 fully saturated rings. The van der Waals surface area contributed by atoms with Gasteiger partial charge in [0.1, 0.15) is 4.88 Å². The lowest BCUT2D eigenvalue weighted by Crippen LogP contribution is -2.12. The highest BCUT2D eigenvalue weighted by Gasteiger charge is 2.13. The number of thiazole rings is 1. The standard InChI is InChI=1S/C11H10N2O3S2/c1-13-5-6-17-11(13)12-9(14)7-3-4-8(18-7)10(15)16-2/h3-6H,1-2H3. The number of thiophene rings is 1. The van der Waals surface area contributed by atoms with Gasteiger partial charge in [-0.25, -0.2) is 4.79 Å². The number of amides is 1. The molecule has 94 valence electrons. The number of carbonyl (C=O) groups excluding carboxylic acids is 2. The van der Waals surface area contributed by atoms with E-state index in [2.05, 4.69) is 9.73 Å². The van der Waals surface area contributed by atoms with E-state index in [1.54, 1.807) is 16.7 Å². The van der Waals surface area contributed by atoms with Crippen molar-refractivity contribution in [3.8, 4) is 0 Å². The molecule has 0 bridgehead atoms. The zero-order valence-electron chi connectivity index (χ0n) is 9.75. The summed E-state index contributed by atoms with van der Waals surface area (Å²) in [5.74, 6) is -0.797. The van der Waals surface area contributed by atoms with Gasteiger partial charge in [0.2, 0.25) is 0 Å². The van der Waals surface area contributed by atoms with Crippen LogP contribution in [0.15, 0.2) is 28.7 Å². The van der Waals surface area contributed by atoms with E-state index < -0.39 is 5.97 Å². The van der Waals surface area contributed by atoms with Gasteiger partial charge < -0.3 is 9.30 Å². The summed E-state index contributed by atoms with van der Waals surface area (Å²) < 4.78 is 6.34. The summed E-state index contributed by atoms with van der Waals surface area (Å²) in [5.41, 5.74) is 0. The first-order chi connectivity index (χ1) is 8.61. The molecule has 18 heavy (non-hydrogen) atoms. The minimum absolute atomic E-state index is 0.354. The Morgan fingerprint density at radius 2 is 2.06 bits per heavy atom. The number of esters is 1. The van der Waals surface area contributed by atoms with Gasteiger partial charge in [-0.1, -0.05) is 0 Å². The van der Waals surface area contributed by atoms with Crippen LogP contribution in [0.25, 0.3) is 0 Å². The Morgan fingerprint density at radius 3 is 2.67 bits per heavy atom. The second-order valence-corrected chi connectivity index (χ2v) is 5.33. The Hall–Kier alpha value is -1.73. The van der Waals surface area contributed by atoms with Crippen molar-refractivity contribution in [3.63, 3.8) is 0 Å². The number of methoxy groups -OCH3 is 1. The maximum absolute atomic E-state index is 11.9. The summed E-state index contributed by atoms with van der Waals surface area (Å²) in [7, 11) is 3.12. The first-order valence-electron chi connectivity index (χ1n) is 4.99. The lowest BCUT2D eigenvalue weighted by Gasteiger charge is -1.92. The van der Waals surface area contributed by atoms with Crippen molar-refractivity contribution in [2.75, 3.05) is 7.11 Å². The van der Waals surface area contributed by atoms with Gasteiger partial charge in [0.05, 0.1) is 12.0 Å². The Bertz CT molecular complexity index is 651. The molecule has 0 saturated carbocycles. The Labute approximate surface area is 111 Å². The molecule has 2 heterocycles. The summed E-state index contributed by atoms with van der Waals surface area (Å²) in [6.45, 7) is 0. The molecule has 2 aromatic rings. The Morgan fingerprint density at radius 1 is 1.33 bits per heavy atom. The average molecular weight is 282 g/mol. The van der Waals surface area contributed by atoms with Crippen LogP contribution in [-0.2, 0) is 11.8 Å². The normalized spacial score (nSPS) is 11.6. The highest BCUT2D eigenvalue weighted by Crippen LogP contribution is 2.18. The predicted molar refractivity (Wildman–Crippen MR) is 68.8 cm³/mol. The van der Waals surface area contributed by atoms with Crippen LogP contribution in [0.2, 0.25) is 0 Å². The van der Waals surface area contributed by atoms with Gasteiger partial charge in [0.15, 0.2) is 4.80 Å². The topological polar surface area (TPSA) is 60.7 Å². The number of aryl methyl sites for hydroxylation is 1. The maximum atomic E-state index is 11.9. The van der Waals surface area contributed by atoms with E-state index in [1.807, 2.05) is 18.6 Å². The molecule has 0 radical (unpaired) electrons. The quantitative estimate of drug-likeness (QED) is 0.787. The molecule has 0 aliphatic carbocycles. The van der Waals surface area contributed by atoms with Crippen LogP contribution >= 0.6 is 22.7 Å². The molecule has 0 aliphatic rings. The molecule has 0 unspecified atom stereocenters. The average Bonchev–Trinajstić information content (AvgIpc) is 2.98. The third kappa shape index (κ3) is 2.57. The highest BCUT2D eigenvalue weighted by molar-refractivity contribution is 7.15. The lowest BCUT2D eigenvalue weighted by molar-refractivity contribution is 0.0606. The van der Waals surface area contributed by atoms with Gasteiger partial charge in [0, 0.05) is 18.6 Å². The predicted octanol–water partition coefficient (Wildman–Crippen LogP) is 1.68. The maximum Gasteiger partial charge on any atom is 0.348 e. The van der Waals surface area contributed by atoms with E-state index in [9.17, 15) is 9.59 Å². The van der Waals surface area contributed by atoms with E-state index in [0.717, 1.165) is 11.3 Å². The van der Waals surface area contributed by atoms with Gasteiger partial charge in [-0.15, -0.1) is 22.7 Å². The molecule has 0 aliphatic heterocycles. The minimum atomic E-state index is -0.444. The van der Waals surface area contributed by atoms with Gasteiger partial charge in [0.25, 0.3) is 5.91 Å². The van der Waals surface area contributed by atoms with Crippen LogP contribution < -0.4 is 4.80 Å². The zero-order valence-corrected chi connectivity index (χ0v) is 11.4. The molecule has 0 aromatic carbocycles. The third-order valence-electron chi connectivity index (χ3n) is 2.16. The molecular weight excluding hydrogens is 272 g/mol. The fraction of sp³-hybridized carbons (Fsp3) is 0.182. The lowest BCUT2D eigenvalue weighted by atomic mass is 10.4. The molecule has 0 atom stereocenters. The molecule has 2 rings (SSSR count). The Balaban J connectivity index is 2.28. The van der Waals surface area contributed by atoms with E-state index in [-0.39, 0.29) is 5.91 Å². The number of nitrogens with zero attached hydrogens (tertiary/aromatic N) is 2. The largest absolute Gasteiger partial charge is 0.465 e. The van der Waals surface area contributed by atoms with Crippen LogP contribution in [0.3, 0.4) is 0 Å². The molecule has 7 heteroatoms. The number of aromatic nitrogens is 1. The summed E-state index contributed by atoms with van der Waals surface area (Å²) in [6, 6.07) is 3.14. The van der Waals surface area contributed by atoms with Gasteiger partial charge in [-0.2, -0.15) is 4.99 Å². The van der Waals surface area contributed by atoms with Crippen molar-refractivity contribution in [2.45, 2.75) is 0 Å². The fourth-order valence-corrected chi connectivity index (χ4v) is 2.78. The van der Waals surface area contributed by atoms with Gasteiger partial charge >= 0.3 is 5.97 Å². The molecular formula is C11H10N2O3S2. The molecule has 0 spiro atoms. The van der Waals surface area contributed by atoms with Crippen molar-refractivity contribution in [3.05, 3.63) is 38.3 Å². The van der Waals surface area contributed by atoms with Crippen molar-refractivity contribution in [2.24, 2.45) is 12.0 Å². The molecule has 5 nitrogen and oxygen atoms in total. The van der Waals surface area contributed by atoms with Crippen LogP contribution in [0.4, 0.5) is 0 Å². The molecule has 1 amide bonds. The SMILES string of the molecule is COC(=O)c1ccc(C(=O)N=c2sccn2C)s1. The number of carbonyl (C=O) groups is 2. The third-order valence-corrected chi connectivity index (χ3v) is 4.06. The first-order valence-corrected chi connectivity index (χ1v) is 6.69. The van der Waals surface area contributed by atoms with Crippen LogP contribution in [0.1, 0.15) is 19.3 Å². The second kappa shape index (κ2) is 5.28. The molecule has 2 aromatic heterocycles. The van der Waals surface area contributed by atoms with E-state index in [4.69, 9.17) is 0 Å². The van der Waals surface area contributed by atoms with Crippen molar-refractivity contribution < 1.29 is 14.3 Å². The summed E-state index contributed by atoms with van der Waals surface area (Å²) in [5, 5.41) is 1.85. The van der Waals surface area contributed by atoms with Gasteiger partial charge in [-0.3, -0.25) is 4.79 Å². The smallest absolute Gasteiger partial charge is 0.348 e. The molecule has 0 saturated heterocycles. The van der Waals surface area contributed by atoms with Crippen LogP contribution in [-0.4, -0.2) is 23.6 Å².